The van der Waals surface area contributed by atoms with Crippen LogP contribution >= 0.6 is 11.3 Å². The minimum Gasteiger partial charge on any atom is -0.475 e. The van der Waals surface area contributed by atoms with E-state index in [2.05, 4.69) is 30.9 Å². The third-order valence-electron chi connectivity index (χ3n) is 5.79. The number of morpholine rings is 1. The van der Waals surface area contributed by atoms with Crippen molar-refractivity contribution in [2.24, 2.45) is 5.92 Å². The van der Waals surface area contributed by atoms with Crippen LogP contribution in [-0.2, 0) is 22.6 Å². The molecule has 2 N–H and O–H groups in total. The first-order valence-electron chi connectivity index (χ1n) is 11.7. The molecule has 3 aromatic heterocycles. The zero-order valence-electron chi connectivity index (χ0n) is 19.8. The van der Waals surface area contributed by atoms with Crippen molar-refractivity contribution >= 4 is 29.2 Å². The number of halogens is 3. The smallest absolute Gasteiger partial charge is 0.475 e. The monoisotopic (exact) mass is 537 g/mol. The van der Waals surface area contributed by atoms with Crippen LogP contribution in [0.25, 0.3) is 11.1 Å². The van der Waals surface area contributed by atoms with E-state index in [1.807, 2.05) is 36.0 Å². The fraction of sp³-hybridized carbons (Fsp3) is 0.417. The molecular formula is C24H26F3N5O4S. The van der Waals surface area contributed by atoms with E-state index in [0.717, 1.165) is 41.6 Å². The van der Waals surface area contributed by atoms with Gasteiger partial charge >= 0.3 is 12.1 Å². The lowest BCUT2D eigenvalue weighted by molar-refractivity contribution is -0.192. The number of rotatable bonds is 7. The fourth-order valence-electron chi connectivity index (χ4n) is 3.66. The van der Waals surface area contributed by atoms with E-state index in [4.69, 9.17) is 14.6 Å². The van der Waals surface area contributed by atoms with Crippen molar-refractivity contribution in [1.82, 2.24) is 19.9 Å². The summed E-state index contributed by atoms with van der Waals surface area (Å²) >= 11 is 1.65. The number of thiophene rings is 1. The first kappa shape index (κ1) is 26.6. The highest BCUT2D eigenvalue weighted by Crippen LogP contribution is 2.32. The molecule has 13 heteroatoms. The van der Waals surface area contributed by atoms with Crippen LogP contribution in [0.2, 0.25) is 0 Å². The van der Waals surface area contributed by atoms with E-state index in [9.17, 15) is 18.0 Å². The Balaban J connectivity index is 0.000000405. The van der Waals surface area contributed by atoms with E-state index in [1.54, 1.807) is 11.3 Å². The number of carboxylic acid groups (broad SMARTS) is 1. The van der Waals surface area contributed by atoms with Crippen LogP contribution < -0.4 is 10.2 Å². The minimum absolute atomic E-state index is 0.0406. The second kappa shape index (κ2) is 11.7. The Labute approximate surface area is 214 Å². The molecule has 37 heavy (non-hydrogen) atoms. The molecule has 198 valence electrons. The standard InChI is InChI=1S/C22H25N5O2S.C2HF3O2/c28-21(23-13-19-2-1-9-30-19)20-10-17(15-27(20)14-16-3-4-16)18-11-24-22(25-12-18)26-5-7-29-8-6-26;3-2(4,5)1(6)7/h1-2,9-12,15-16H,3-8,13-14H2,(H,23,28);(H,6,7). The van der Waals surface area contributed by atoms with Crippen molar-refractivity contribution in [3.05, 3.63) is 52.7 Å². The molecule has 2 aliphatic rings. The van der Waals surface area contributed by atoms with Gasteiger partial charge in [0.05, 0.1) is 19.8 Å². The van der Waals surface area contributed by atoms with Gasteiger partial charge in [0, 0.05) is 54.2 Å². The molecule has 0 spiro atoms. The number of amides is 1. The average molecular weight is 538 g/mol. The van der Waals surface area contributed by atoms with E-state index < -0.39 is 12.1 Å². The molecule has 0 aromatic carbocycles. The van der Waals surface area contributed by atoms with E-state index >= 15 is 0 Å². The number of hydrogen-bond acceptors (Lipinski definition) is 7. The van der Waals surface area contributed by atoms with E-state index in [-0.39, 0.29) is 5.91 Å². The van der Waals surface area contributed by atoms with Crippen molar-refractivity contribution in [2.75, 3.05) is 31.2 Å². The quantitative estimate of drug-likeness (QED) is 0.472. The maximum atomic E-state index is 12.9. The first-order chi connectivity index (χ1) is 17.7. The highest BCUT2D eigenvalue weighted by atomic mass is 32.1. The minimum atomic E-state index is -5.08. The molecule has 1 saturated heterocycles. The number of alkyl halides is 3. The molecule has 0 unspecified atom stereocenters. The lowest BCUT2D eigenvalue weighted by Crippen LogP contribution is -2.37. The fourth-order valence-corrected chi connectivity index (χ4v) is 4.30. The Hall–Kier alpha value is -3.45. The van der Waals surface area contributed by atoms with Gasteiger partial charge in [-0.05, 0) is 36.3 Å². The topological polar surface area (TPSA) is 110 Å². The van der Waals surface area contributed by atoms with Crippen LogP contribution in [-0.4, -0.2) is 64.0 Å². The predicted octanol–water partition coefficient (Wildman–Crippen LogP) is 3.82. The number of nitrogens with one attached hydrogen (secondary N) is 1. The summed E-state index contributed by atoms with van der Waals surface area (Å²) < 4.78 is 39.2. The van der Waals surface area contributed by atoms with Crippen LogP contribution in [0.15, 0.2) is 42.2 Å². The van der Waals surface area contributed by atoms with Crippen LogP contribution in [0.1, 0.15) is 28.2 Å². The number of ether oxygens (including phenoxy) is 1. The van der Waals surface area contributed by atoms with E-state index in [1.165, 1.54) is 12.8 Å². The van der Waals surface area contributed by atoms with Gasteiger partial charge in [0.1, 0.15) is 5.69 Å². The summed E-state index contributed by atoms with van der Waals surface area (Å²) in [7, 11) is 0. The third kappa shape index (κ3) is 7.52. The zero-order chi connectivity index (χ0) is 26.4. The summed E-state index contributed by atoms with van der Waals surface area (Å²) in [6.07, 6.45) is 3.15. The number of anilines is 1. The Morgan fingerprint density at radius 2 is 1.84 bits per heavy atom. The number of carbonyl (C=O) groups excluding carboxylic acids is 1. The van der Waals surface area contributed by atoms with E-state index in [0.29, 0.717) is 31.4 Å². The van der Waals surface area contributed by atoms with Crippen molar-refractivity contribution in [2.45, 2.75) is 32.1 Å². The largest absolute Gasteiger partial charge is 0.490 e. The Kier molecular flexibility index (Phi) is 8.44. The molecule has 1 saturated carbocycles. The van der Waals surface area contributed by atoms with Gasteiger partial charge in [-0.3, -0.25) is 4.79 Å². The third-order valence-corrected chi connectivity index (χ3v) is 6.67. The summed E-state index contributed by atoms with van der Waals surface area (Å²) in [6, 6.07) is 5.99. The molecule has 1 amide bonds. The summed E-state index contributed by atoms with van der Waals surface area (Å²) in [5.74, 6) is -1.39. The lowest BCUT2D eigenvalue weighted by Gasteiger charge is -2.26. The zero-order valence-corrected chi connectivity index (χ0v) is 20.6. The second-order valence-corrected chi connectivity index (χ2v) is 9.68. The van der Waals surface area contributed by atoms with Crippen LogP contribution in [0.3, 0.4) is 0 Å². The van der Waals surface area contributed by atoms with Gasteiger partial charge < -0.3 is 24.6 Å². The van der Waals surface area contributed by atoms with Gasteiger partial charge in [-0.15, -0.1) is 11.3 Å². The molecule has 0 radical (unpaired) electrons. The van der Waals surface area contributed by atoms with Gasteiger partial charge in [-0.1, -0.05) is 6.07 Å². The molecule has 1 aliphatic carbocycles. The summed E-state index contributed by atoms with van der Waals surface area (Å²) in [4.78, 5) is 34.2. The van der Waals surface area contributed by atoms with Gasteiger partial charge in [0.2, 0.25) is 5.95 Å². The van der Waals surface area contributed by atoms with Crippen molar-refractivity contribution in [1.29, 1.82) is 0 Å². The first-order valence-corrected chi connectivity index (χ1v) is 12.5. The molecule has 9 nitrogen and oxygen atoms in total. The van der Waals surface area contributed by atoms with Crippen molar-refractivity contribution < 1.29 is 32.6 Å². The van der Waals surface area contributed by atoms with Crippen LogP contribution in [0.4, 0.5) is 19.1 Å². The molecular weight excluding hydrogens is 511 g/mol. The van der Waals surface area contributed by atoms with Crippen molar-refractivity contribution in [3.63, 3.8) is 0 Å². The molecule has 1 aliphatic heterocycles. The number of hydrogen-bond donors (Lipinski definition) is 2. The number of carbonyl (C=O) groups is 2. The number of aromatic nitrogens is 3. The van der Waals surface area contributed by atoms with Crippen molar-refractivity contribution in [3.8, 4) is 11.1 Å². The molecule has 4 heterocycles. The van der Waals surface area contributed by atoms with Gasteiger partial charge in [0.15, 0.2) is 0 Å². The average Bonchev–Trinajstić information content (AvgIpc) is 3.36. The maximum Gasteiger partial charge on any atom is 0.490 e. The van der Waals surface area contributed by atoms with Crippen LogP contribution in [0, 0.1) is 5.92 Å². The summed E-state index contributed by atoms with van der Waals surface area (Å²) in [5.41, 5.74) is 2.60. The van der Waals surface area contributed by atoms with Gasteiger partial charge in [-0.25, -0.2) is 14.8 Å². The number of nitrogens with zero attached hydrogens (tertiary/aromatic N) is 4. The molecule has 0 bridgehead atoms. The molecule has 5 rings (SSSR count). The number of carboxylic acids is 1. The number of aliphatic carboxylic acids is 1. The van der Waals surface area contributed by atoms with Gasteiger partial charge in [0.25, 0.3) is 5.91 Å². The second-order valence-electron chi connectivity index (χ2n) is 8.65. The van der Waals surface area contributed by atoms with Gasteiger partial charge in [-0.2, -0.15) is 13.2 Å². The molecule has 3 aromatic rings. The SMILES string of the molecule is O=C(NCc1cccs1)c1cc(-c2cnc(N3CCOCC3)nc2)cn1CC1CC1.O=C(O)C(F)(F)F. The van der Waals surface area contributed by atoms with Crippen LogP contribution in [0.5, 0.6) is 0 Å². The maximum absolute atomic E-state index is 12.9. The summed E-state index contributed by atoms with van der Waals surface area (Å²) in [6.45, 7) is 4.47. The normalized spacial score (nSPS) is 15.6. The molecule has 0 atom stereocenters. The Morgan fingerprint density at radius 1 is 1.16 bits per heavy atom. The highest BCUT2D eigenvalue weighted by molar-refractivity contribution is 7.09. The predicted molar refractivity (Wildman–Crippen MR) is 130 cm³/mol. The highest BCUT2D eigenvalue weighted by Gasteiger charge is 2.38. The Morgan fingerprint density at radius 3 is 2.41 bits per heavy atom. The lowest BCUT2D eigenvalue weighted by atomic mass is 10.2. The Bertz CT molecular complexity index is 1190. The molecule has 2 fully saturated rings. The summed E-state index contributed by atoms with van der Waals surface area (Å²) in [5, 5.41) is 12.2.